The molecule has 27 heavy (non-hydrogen) atoms. The number of amides is 1. The Labute approximate surface area is 163 Å². The number of rotatable bonds is 0. The van der Waals surface area contributed by atoms with Gasteiger partial charge in [0.05, 0.1) is 11.4 Å². The SMILES string of the molecule is CC(=O)N1c2ccccc2S(=N)c2ccccc21.Cc1cc(C)cc(C)c1. The Balaban J connectivity index is 0.000000197. The van der Waals surface area contributed by atoms with Crippen LogP contribution in [0.25, 0.3) is 0 Å². The van der Waals surface area contributed by atoms with Gasteiger partial charge in [0.15, 0.2) is 0 Å². The Hall–Kier alpha value is -2.72. The number of fused-ring (bicyclic) bond motifs is 2. The molecule has 0 saturated carbocycles. The van der Waals surface area contributed by atoms with Gasteiger partial charge in [-0.15, -0.1) is 0 Å². The average molecular weight is 377 g/mol. The fourth-order valence-corrected chi connectivity index (χ4v) is 4.82. The number of carbonyl (C=O) groups excluding carboxylic acids is 1. The summed E-state index contributed by atoms with van der Waals surface area (Å²) in [6.07, 6.45) is 0. The van der Waals surface area contributed by atoms with Gasteiger partial charge in [-0.05, 0) is 55.7 Å². The first kappa shape index (κ1) is 19.1. The van der Waals surface area contributed by atoms with Crippen molar-refractivity contribution in [1.82, 2.24) is 0 Å². The van der Waals surface area contributed by atoms with E-state index in [0.717, 1.165) is 21.2 Å². The molecule has 1 aliphatic rings. The van der Waals surface area contributed by atoms with E-state index < -0.39 is 10.7 Å². The summed E-state index contributed by atoms with van der Waals surface area (Å²) < 4.78 is 8.36. The number of anilines is 2. The highest BCUT2D eigenvalue weighted by molar-refractivity contribution is 7.86. The standard InChI is InChI=1S/C14H12N2OS.C9H12/c1-10(17)16-11-6-2-4-8-13(11)18(15)14-9-5-3-7-12(14)16;1-7-4-8(2)6-9(3)5-7/h2-9,15H,1H3;4-6H,1-3H3. The summed E-state index contributed by atoms with van der Waals surface area (Å²) in [6, 6.07) is 21.9. The maximum atomic E-state index is 11.9. The number of aryl methyl sites for hydroxylation is 3. The second kappa shape index (κ2) is 7.89. The van der Waals surface area contributed by atoms with Gasteiger partial charge in [0.25, 0.3) is 0 Å². The predicted octanol–water partition coefficient (Wildman–Crippen LogP) is 6.10. The Morgan fingerprint density at radius 1 is 0.778 bits per heavy atom. The van der Waals surface area contributed by atoms with Crippen molar-refractivity contribution >= 4 is 28.0 Å². The minimum atomic E-state index is -0.721. The second-order valence-corrected chi connectivity index (χ2v) is 8.25. The number of nitrogens with one attached hydrogen (secondary N) is 1. The van der Waals surface area contributed by atoms with Crippen molar-refractivity contribution in [2.24, 2.45) is 0 Å². The Morgan fingerprint density at radius 2 is 1.15 bits per heavy atom. The Morgan fingerprint density at radius 3 is 1.52 bits per heavy atom. The van der Waals surface area contributed by atoms with Crippen LogP contribution in [0.1, 0.15) is 23.6 Å². The highest BCUT2D eigenvalue weighted by Gasteiger charge is 2.27. The van der Waals surface area contributed by atoms with Crippen LogP contribution in [-0.2, 0) is 15.5 Å². The number of hydrogen-bond acceptors (Lipinski definition) is 2. The van der Waals surface area contributed by atoms with Crippen LogP contribution in [0.2, 0.25) is 0 Å². The van der Waals surface area contributed by atoms with Crippen molar-refractivity contribution < 1.29 is 4.79 Å². The summed E-state index contributed by atoms with van der Waals surface area (Å²) in [7, 11) is -0.721. The van der Waals surface area contributed by atoms with E-state index in [1.807, 2.05) is 48.5 Å². The zero-order valence-electron chi connectivity index (χ0n) is 16.1. The average Bonchev–Trinajstić information content (AvgIpc) is 2.61. The molecule has 0 atom stereocenters. The molecule has 4 rings (SSSR count). The molecular formula is C23H24N2OS. The van der Waals surface area contributed by atoms with Gasteiger partial charge >= 0.3 is 0 Å². The van der Waals surface area contributed by atoms with Gasteiger partial charge in [-0.25, -0.2) is 0 Å². The summed E-state index contributed by atoms with van der Waals surface area (Å²) in [4.78, 5) is 15.4. The van der Waals surface area contributed by atoms with Gasteiger partial charge in [-0.2, -0.15) is 0 Å². The maximum absolute atomic E-state index is 11.9. The van der Waals surface area contributed by atoms with Crippen molar-refractivity contribution in [2.45, 2.75) is 37.5 Å². The number of para-hydroxylation sites is 2. The van der Waals surface area contributed by atoms with E-state index in [9.17, 15) is 4.79 Å². The molecule has 3 nitrogen and oxygen atoms in total. The molecule has 1 heterocycles. The van der Waals surface area contributed by atoms with Gasteiger partial charge in [-0.1, -0.05) is 59.2 Å². The zero-order valence-corrected chi connectivity index (χ0v) is 16.9. The van der Waals surface area contributed by atoms with Gasteiger partial charge in [-0.3, -0.25) is 14.5 Å². The molecule has 4 heteroatoms. The van der Waals surface area contributed by atoms with E-state index in [2.05, 4.69) is 39.0 Å². The summed E-state index contributed by atoms with van der Waals surface area (Å²) in [5, 5.41) is 0. The lowest BCUT2D eigenvalue weighted by atomic mass is 10.1. The normalized spacial score (nSPS) is 12.5. The molecule has 1 amide bonds. The molecule has 0 unspecified atom stereocenters. The quantitative estimate of drug-likeness (QED) is 0.506. The Bertz CT molecular complexity index is 926. The molecule has 0 aliphatic carbocycles. The van der Waals surface area contributed by atoms with E-state index in [0.29, 0.717) is 0 Å². The molecule has 1 aliphatic heterocycles. The van der Waals surface area contributed by atoms with Gasteiger partial charge < -0.3 is 0 Å². The molecule has 0 bridgehead atoms. The molecule has 138 valence electrons. The van der Waals surface area contributed by atoms with E-state index in [4.69, 9.17) is 4.78 Å². The highest BCUT2D eigenvalue weighted by Crippen LogP contribution is 2.41. The van der Waals surface area contributed by atoms with Crippen molar-refractivity contribution in [3.05, 3.63) is 83.4 Å². The smallest absolute Gasteiger partial charge is 0.228 e. The maximum Gasteiger partial charge on any atom is 0.228 e. The highest BCUT2D eigenvalue weighted by atomic mass is 32.2. The van der Waals surface area contributed by atoms with E-state index >= 15 is 0 Å². The van der Waals surface area contributed by atoms with Crippen molar-refractivity contribution in [1.29, 1.82) is 4.78 Å². The molecule has 0 radical (unpaired) electrons. The van der Waals surface area contributed by atoms with Crippen molar-refractivity contribution in [3.63, 3.8) is 0 Å². The van der Waals surface area contributed by atoms with E-state index in [1.54, 1.807) is 11.8 Å². The zero-order chi connectivity index (χ0) is 19.6. The lowest BCUT2D eigenvalue weighted by Crippen LogP contribution is -2.27. The third kappa shape index (κ3) is 4.01. The third-order valence-corrected chi connectivity index (χ3v) is 5.90. The van der Waals surface area contributed by atoms with Crippen LogP contribution in [0, 0.1) is 25.6 Å². The third-order valence-electron chi connectivity index (χ3n) is 4.33. The van der Waals surface area contributed by atoms with Crippen LogP contribution in [0.3, 0.4) is 0 Å². The van der Waals surface area contributed by atoms with Gasteiger partial charge in [0.2, 0.25) is 5.91 Å². The van der Waals surface area contributed by atoms with Gasteiger partial charge in [0, 0.05) is 16.7 Å². The first-order valence-corrected chi connectivity index (χ1v) is 10.1. The van der Waals surface area contributed by atoms with E-state index in [1.165, 1.54) is 16.7 Å². The minimum absolute atomic E-state index is 0.0217. The predicted molar refractivity (Wildman–Crippen MR) is 113 cm³/mol. The number of nitrogens with zero attached hydrogens (tertiary/aromatic N) is 1. The first-order chi connectivity index (χ1) is 12.9. The van der Waals surface area contributed by atoms with Crippen molar-refractivity contribution in [2.75, 3.05) is 4.90 Å². The molecular weight excluding hydrogens is 352 g/mol. The summed E-state index contributed by atoms with van der Waals surface area (Å²) in [5.74, 6) is -0.0217. The lowest BCUT2D eigenvalue weighted by Gasteiger charge is -2.31. The summed E-state index contributed by atoms with van der Waals surface area (Å²) in [5.41, 5.74) is 5.73. The molecule has 0 fully saturated rings. The molecule has 0 spiro atoms. The van der Waals surface area contributed by atoms with Crippen LogP contribution in [0.5, 0.6) is 0 Å². The molecule has 3 aromatic rings. The van der Waals surface area contributed by atoms with Crippen LogP contribution in [0.4, 0.5) is 11.4 Å². The summed E-state index contributed by atoms with van der Waals surface area (Å²) in [6.45, 7) is 7.93. The molecule has 0 aromatic heterocycles. The monoisotopic (exact) mass is 376 g/mol. The largest absolute Gasteiger partial charge is 0.279 e. The molecule has 3 aromatic carbocycles. The first-order valence-electron chi connectivity index (χ1n) is 8.87. The van der Waals surface area contributed by atoms with Crippen molar-refractivity contribution in [3.8, 4) is 0 Å². The minimum Gasteiger partial charge on any atom is -0.279 e. The van der Waals surface area contributed by atoms with Crippen LogP contribution in [0.15, 0.2) is 76.5 Å². The molecule has 0 saturated heterocycles. The Kier molecular flexibility index (Phi) is 5.57. The van der Waals surface area contributed by atoms with E-state index in [-0.39, 0.29) is 5.91 Å². The topological polar surface area (TPSA) is 44.2 Å². The molecule has 1 N–H and O–H groups in total. The van der Waals surface area contributed by atoms with Crippen LogP contribution >= 0.6 is 0 Å². The van der Waals surface area contributed by atoms with Crippen LogP contribution < -0.4 is 4.90 Å². The fraction of sp³-hybridized carbons (Fsp3) is 0.174. The number of carbonyl (C=O) groups is 1. The number of benzene rings is 3. The van der Waals surface area contributed by atoms with Gasteiger partial charge in [0.1, 0.15) is 0 Å². The fourth-order valence-electron chi connectivity index (χ4n) is 3.42. The number of hydrogen-bond donors (Lipinski definition) is 1. The summed E-state index contributed by atoms with van der Waals surface area (Å²) >= 11 is 0. The van der Waals surface area contributed by atoms with Crippen LogP contribution in [-0.4, -0.2) is 5.91 Å². The second-order valence-electron chi connectivity index (χ2n) is 6.76. The lowest BCUT2D eigenvalue weighted by molar-refractivity contribution is -0.115.